The molecule has 1 aromatic rings. The third-order valence-electron chi connectivity index (χ3n) is 3.56. The maximum atomic E-state index is 12.4. The van der Waals surface area contributed by atoms with Crippen molar-refractivity contribution in [3.8, 4) is 0 Å². The van der Waals surface area contributed by atoms with Crippen LogP contribution in [0.15, 0.2) is 30.3 Å². The van der Waals surface area contributed by atoms with Crippen LogP contribution in [0.25, 0.3) is 0 Å². The van der Waals surface area contributed by atoms with Crippen LogP contribution in [0.1, 0.15) is 39.2 Å². The highest BCUT2D eigenvalue weighted by Gasteiger charge is 2.24. The minimum Gasteiger partial charge on any atom is -0.337 e. The molecule has 3 nitrogen and oxygen atoms in total. The number of hydrogen-bond donors (Lipinski definition) is 1. The van der Waals surface area contributed by atoms with E-state index in [9.17, 15) is 4.79 Å². The highest BCUT2D eigenvalue weighted by atomic mass is 16.2. The number of rotatable bonds is 7. The highest BCUT2D eigenvalue weighted by molar-refractivity contribution is 5.81. The lowest BCUT2D eigenvalue weighted by Gasteiger charge is -2.28. The summed E-state index contributed by atoms with van der Waals surface area (Å²) >= 11 is 0. The summed E-state index contributed by atoms with van der Waals surface area (Å²) in [5.41, 5.74) is 7.22. The zero-order valence-electron chi connectivity index (χ0n) is 12.3. The topological polar surface area (TPSA) is 46.3 Å². The molecule has 0 aliphatic rings. The Morgan fingerprint density at radius 2 is 1.89 bits per heavy atom. The zero-order valence-corrected chi connectivity index (χ0v) is 12.3. The maximum absolute atomic E-state index is 12.4. The van der Waals surface area contributed by atoms with E-state index in [2.05, 4.69) is 13.8 Å². The van der Waals surface area contributed by atoms with E-state index in [0.717, 1.165) is 24.9 Å². The van der Waals surface area contributed by atoms with Crippen molar-refractivity contribution in [1.82, 2.24) is 4.90 Å². The van der Waals surface area contributed by atoms with Crippen molar-refractivity contribution >= 4 is 5.91 Å². The first-order valence-corrected chi connectivity index (χ1v) is 7.18. The molecule has 0 aliphatic heterocycles. The summed E-state index contributed by atoms with van der Waals surface area (Å²) in [5.74, 6) is 0.294. The van der Waals surface area contributed by atoms with Gasteiger partial charge in [0.2, 0.25) is 5.91 Å². The predicted molar refractivity (Wildman–Crippen MR) is 79.6 cm³/mol. The molecule has 2 N–H and O–H groups in total. The van der Waals surface area contributed by atoms with E-state index in [4.69, 9.17) is 5.73 Å². The molecule has 0 spiro atoms. The minimum atomic E-state index is -0.389. The number of benzene rings is 1. The molecule has 3 heteroatoms. The van der Waals surface area contributed by atoms with Gasteiger partial charge in [0.25, 0.3) is 0 Å². The second kappa shape index (κ2) is 7.95. The lowest BCUT2D eigenvalue weighted by Crippen LogP contribution is -2.47. The molecular formula is C16H26N2O. The fraction of sp³-hybridized carbons (Fsp3) is 0.562. The fourth-order valence-corrected chi connectivity index (χ4v) is 2.05. The Morgan fingerprint density at radius 1 is 1.26 bits per heavy atom. The summed E-state index contributed by atoms with van der Waals surface area (Å²) in [7, 11) is 0. The van der Waals surface area contributed by atoms with Crippen LogP contribution in [0.2, 0.25) is 0 Å². The lowest BCUT2D eigenvalue weighted by atomic mass is 9.98. The number of nitrogens with two attached hydrogens (primary N) is 1. The molecule has 2 atom stereocenters. The normalized spacial score (nSPS) is 13.9. The molecule has 19 heavy (non-hydrogen) atoms. The first-order chi connectivity index (χ1) is 9.10. The van der Waals surface area contributed by atoms with Crippen LogP contribution in [0.4, 0.5) is 0 Å². The Balaban J connectivity index is 2.74. The van der Waals surface area contributed by atoms with Gasteiger partial charge < -0.3 is 10.6 Å². The van der Waals surface area contributed by atoms with Crippen LogP contribution >= 0.6 is 0 Å². The monoisotopic (exact) mass is 262 g/mol. The lowest BCUT2D eigenvalue weighted by molar-refractivity contribution is -0.134. The van der Waals surface area contributed by atoms with Gasteiger partial charge in [0.15, 0.2) is 0 Å². The van der Waals surface area contributed by atoms with Gasteiger partial charge in [0, 0.05) is 13.1 Å². The molecule has 0 fully saturated rings. The van der Waals surface area contributed by atoms with E-state index >= 15 is 0 Å². The molecule has 1 rings (SSSR count). The Morgan fingerprint density at radius 3 is 2.42 bits per heavy atom. The van der Waals surface area contributed by atoms with E-state index in [0.29, 0.717) is 6.54 Å². The molecule has 0 aromatic heterocycles. The Hall–Kier alpha value is -1.35. The molecule has 0 unspecified atom stereocenters. The second-order valence-electron chi connectivity index (χ2n) is 5.16. The molecule has 0 aliphatic carbocycles. The zero-order chi connectivity index (χ0) is 14.3. The van der Waals surface area contributed by atoms with E-state index in [1.807, 2.05) is 42.2 Å². The van der Waals surface area contributed by atoms with Gasteiger partial charge in [-0.25, -0.2) is 0 Å². The van der Waals surface area contributed by atoms with Gasteiger partial charge in [-0.2, -0.15) is 0 Å². The number of amides is 1. The molecule has 0 bridgehead atoms. The first-order valence-electron chi connectivity index (χ1n) is 7.18. The van der Waals surface area contributed by atoms with E-state index in [1.54, 1.807) is 0 Å². The van der Waals surface area contributed by atoms with Gasteiger partial charge in [0.1, 0.15) is 0 Å². The molecular weight excluding hydrogens is 236 g/mol. The van der Waals surface area contributed by atoms with Crippen molar-refractivity contribution in [3.05, 3.63) is 35.9 Å². The molecule has 1 amide bonds. The van der Waals surface area contributed by atoms with Gasteiger partial charge in [0.05, 0.1) is 6.04 Å². The molecule has 0 saturated carbocycles. The van der Waals surface area contributed by atoms with Crippen LogP contribution < -0.4 is 5.73 Å². The van der Waals surface area contributed by atoms with Crippen molar-refractivity contribution in [3.63, 3.8) is 0 Å². The van der Waals surface area contributed by atoms with Crippen molar-refractivity contribution in [1.29, 1.82) is 0 Å². The van der Waals surface area contributed by atoms with E-state index in [1.165, 1.54) is 0 Å². The summed E-state index contributed by atoms with van der Waals surface area (Å²) in [5, 5.41) is 0. The first kappa shape index (κ1) is 15.7. The highest BCUT2D eigenvalue weighted by Crippen LogP contribution is 2.12. The van der Waals surface area contributed by atoms with E-state index < -0.39 is 0 Å². The van der Waals surface area contributed by atoms with Crippen molar-refractivity contribution in [2.45, 2.75) is 46.2 Å². The third kappa shape index (κ3) is 4.67. The number of carbonyl (C=O) groups is 1. The summed E-state index contributed by atoms with van der Waals surface area (Å²) in [4.78, 5) is 14.3. The SMILES string of the molecule is CCCN(Cc1ccccc1)C(=O)[C@@H](N)[C@@H](C)CC. The minimum absolute atomic E-state index is 0.0695. The Kier molecular flexibility index (Phi) is 6.57. The van der Waals surface area contributed by atoms with Gasteiger partial charge in [-0.1, -0.05) is 57.5 Å². The van der Waals surface area contributed by atoms with Gasteiger partial charge in [-0.05, 0) is 17.9 Å². The van der Waals surface area contributed by atoms with Crippen LogP contribution in [0.3, 0.4) is 0 Å². The number of carbonyl (C=O) groups excluding carboxylic acids is 1. The van der Waals surface area contributed by atoms with Crippen LogP contribution in [0, 0.1) is 5.92 Å². The molecule has 106 valence electrons. The fourth-order valence-electron chi connectivity index (χ4n) is 2.05. The molecule has 1 aromatic carbocycles. The standard InChI is InChI=1S/C16H26N2O/c1-4-11-18(12-14-9-7-6-8-10-14)16(19)15(17)13(3)5-2/h6-10,13,15H,4-5,11-12,17H2,1-3H3/t13-,15-/m0/s1. The number of hydrogen-bond acceptors (Lipinski definition) is 2. The summed E-state index contributed by atoms with van der Waals surface area (Å²) in [6, 6.07) is 9.69. The van der Waals surface area contributed by atoms with Crippen molar-refractivity contribution in [2.75, 3.05) is 6.54 Å². The predicted octanol–water partition coefficient (Wildman–Crippen LogP) is 2.80. The molecule has 0 heterocycles. The van der Waals surface area contributed by atoms with Crippen LogP contribution in [0.5, 0.6) is 0 Å². The Labute approximate surface area is 116 Å². The van der Waals surface area contributed by atoms with Gasteiger partial charge in [-0.3, -0.25) is 4.79 Å². The summed E-state index contributed by atoms with van der Waals surface area (Å²) in [6.07, 6.45) is 1.88. The molecule has 0 radical (unpaired) electrons. The number of nitrogens with zero attached hydrogens (tertiary/aromatic N) is 1. The van der Waals surface area contributed by atoms with E-state index in [-0.39, 0.29) is 17.9 Å². The third-order valence-corrected chi connectivity index (χ3v) is 3.56. The van der Waals surface area contributed by atoms with Gasteiger partial charge in [-0.15, -0.1) is 0 Å². The average molecular weight is 262 g/mol. The second-order valence-corrected chi connectivity index (χ2v) is 5.16. The summed E-state index contributed by atoms with van der Waals surface area (Å²) < 4.78 is 0. The van der Waals surface area contributed by atoms with Crippen molar-refractivity contribution in [2.24, 2.45) is 11.7 Å². The average Bonchev–Trinajstić information content (AvgIpc) is 2.45. The summed E-state index contributed by atoms with van der Waals surface area (Å²) in [6.45, 7) is 7.60. The largest absolute Gasteiger partial charge is 0.337 e. The quantitative estimate of drug-likeness (QED) is 0.821. The van der Waals surface area contributed by atoms with Gasteiger partial charge >= 0.3 is 0 Å². The van der Waals surface area contributed by atoms with Crippen LogP contribution in [-0.2, 0) is 11.3 Å². The molecule has 0 saturated heterocycles. The Bertz CT molecular complexity index is 378. The maximum Gasteiger partial charge on any atom is 0.240 e. The van der Waals surface area contributed by atoms with Crippen LogP contribution in [-0.4, -0.2) is 23.4 Å². The van der Waals surface area contributed by atoms with Crippen molar-refractivity contribution < 1.29 is 4.79 Å². The smallest absolute Gasteiger partial charge is 0.240 e.